The first-order chi connectivity index (χ1) is 13.1. The number of rotatable bonds is 6. The Hall–Kier alpha value is -2.35. The summed E-state index contributed by atoms with van der Waals surface area (Å²) < 4.78 is 18.8. The van der Waals surface area contributed by atoms with Crippen molar-refractivity contribution in [3.63, 3.8) is 0 Å². The Bertz CT molecular complexity index is 811. The lowest BCUT2D eigenvalue weighted by molar-refractivity contribution is -0.145. The molecule has 0 saturated carbocycles. The zero-order valence-corrected chi connectivity index (χ0v) is 16.0. The third-order valence-electron chi connectivity index (χ3n) is 4.52. The average Bonchev–Trinajstić information content (AvgIpc) is 3.17. The number of amides is 1. The number of benzene rings is 1. The minimum atomic E-state index is -0.349. The molecule has 2 heterocycles. The van der Waals surface area contributed by atoms with Crippen LogP contribution in [0.25, 0.3) is 10.6 Å². The summed E-state index contributed by atoms with van der Waals surface area (Å²) in [6.07, 6.45) is 2.03. The highest BCUT2D eigenvalue weighted by molar-refractivity contribution is 7.14. The fourth-order valence-electron chi connectivity index (χ4n) is 3.15. The highest BCUT2D eigenvalue weighted by atomic mass is 32.1. The fourth-order valence-corrected chi connectivity index (χ4v) is 4.14. The van der Waals surface area contributed by atoms with Crippen molar-refractivity contribution in [2.75, 3.05) is 19.7 Å². The first kappa shape index (κ1) is 19.4. The van der Waals surface area contributed by atoms with Gasteiger partial charge in [0.15, 0.2) is 5.01 Å². The number of halogens is 1. The number of ether oxygens (including phenoxy) is 1. The molecule has 1 aromatic carbocycles. The summed E-state index contributed by atoms with van der Waals surface area (Å²) >= 11 is 1.37. The van der Waals surface area contributed by atoms with E-state index >= 15 is 0 Å². The largest absolute Gasteiger partial charge is 0.466 e. The zero-order chi connectivity index (χ0) is 19.2. The van der Waals surface area contributed by atoms with Crippen molar-refractivity contribution in [2.45, 2.75) is 38.5 Å². The number of piperidine rings is 1. The van der Waals surface area contributed by atoms with Crippen molar-refractivity contribution in [1.82, 2.24) is 15.1 Å². The van der Waals surface area contributed by atoms with E-state index in [-0.39, 0.29) is 36.5 Å². The number of carbonyl (C=O) groups is 2. The molecule has 0 aliphatic carbocycles. The predicted molar refractivity (Wildman–Crippen MR) is 99.7 cm³/mol. The predicted octanol–water partition coefficient (Wildman–Crippen LogP) is 3.39. The number of esters is 1. The molecule has 1 aromatic heterocycles. The van der Waals surface area contributed by atoms with Gasteiger partial charge < -0.3 is 9.64 Å². The van der Waals surface area contributed by atoms with Crippen LogP contribution in [0.15, 0.2) is 24.3 Å². The van der Waals surface area contributed by atoms with Crippen LogP contribution in [-0.2, 0) is 14.3 Å². The summed E-state index contributed by atoms with van der Waals surface area (Å²) in [5.41, 5.74) is 0.444. The van der Waals surface area contributed by atoms with Crippen LogP contribution in [0.2, 0.25) is 0 Å². The van der Waals surface area contributed by atoms with E-state index in [1.54, 1.807) is 30.0 Å². The maximum absolute atomic E-state index is 13.9. The smallest absolute Gasteiger partial charge is 0.306 e. The van der Waals surface area contributed by atoms with E-state index in [9.17, 15) is 14.0 Å². The van der Waals surface area contributed by atoms with Gasteiger partial charge in [0.05, 0.1) is 13.0 Å². The molecular weight excluding hydrogens is 369 g/mol. The van der Waals surface area contributed by atoms with Crippen LogP contribution in [0.3, 0.4) is 0 Å². The Balaban J connectivity index is 1.62. The fraction of sp³-hybridized carbons (Fsp3) is 0.474. The van der Waals surface area contributed by atoms with Gasteiger partial charge in [-0.25, -0.2) is 4.39 Å². The monoisotopic (exact) mass is 391 g/mol. The SMILES string of the molecule is CCOC(=O)CCC(=O)N1CCCC(c2nnc(-c3ccccc3F)s2)C1. The van der Waals surface area contributed by atoms with E-state index in [4.69, 9.17) is 4.74 Å². The quantitative estimate of drug-likeness (QED) is 0.706. The molecule has 1 atom stereocenters. The minimum Gasteiger partial charge on any atom is -0.466 e. The minimum absolute atomic E-state index is 0.0494. The van der Waals surface area contributed by atoms with Crippen LogP contribution >= 0.6 is 11.3 Å². The standard InChI is InChI=1S/C19H22FN3O3S/c1-2-26-17(25)10-9-16(24)23-11-5-6-13(12-23)18-21-22-19(27-18)14-7-3-4-8-15(14)20/h3-4,7-8,13H,2,5-6,9-12H2,1H3. The maximum Gasteiger partial charge on any atom is 0.306 e. The van der Waals surface area contributed by atoms with Crippen LogP contribution in [0.1, 0.15) is 43.5 Å². The lowest BCUT2D eigenvalue weighted by Gasteiger charge is -2.31. The lowest BCUT2D eigenvalue weighted by Crippen LogP contribution is -2.39. The highest BCUT2D eigenvalue weighted by Gasteiger charge is 2.27. The Labute approximate surface area is 161 Å². The van der Waals surface area contributed by atoms with Gasteiger partial charge in [-0.1, -0.05) is 23.5 Å². The van der Waals surface area contributed by atoms with Crippen molar-refractivity contribution in [3.8, 4) is 10.6 Å². The lowest BCUT2D eigenvalue weighted by atomic mass is 9.98. The summed E-state index contributed by atoms with van der Waals surface area (Å²) in [5, 5.41) is 9.74. The zero-order valence-electron chi connectivity index (χ0n) is 15.2. The third kappa shape index (κ3) is 4.88. The summed E-state index contributed by atoms with van der Waals surface area (Å²) in [7, 11) is 0. The number of hydrogen-bond donors (Lipinski definition) is 0. The van der Waals surface area contributed by atoms with Crippen molar-refractivity contribution in [3.05, 3.63) is 35.1 Å². The van der Waals surface area contributed by atoms with E-state index in [0.29, 0.717) is 30.3 Å². The van der Waals surface area contributed by atoms with Crippen LogP contribution in [0.5, 0.6) is 0 Å². The second kappa shape index (κ2) is 9.03. The van der Waals surface area contributed by atoms with Crippen molar-refractivity contribution < 1.29 is 18.7 Å². The van der Waals surface area contributed by atoms with Crippen LogP contribution in [0.4, 0.5) is 4.39 Å². The van der Waals surface area contributed by atoms with Gasteiger partial charge in [-0.3, -0.25) is 9.59 Å². The number of carbonyl (C=O) groups excluding carboxylic acids is 2. The topological polar surface area (TPSA) is 72.4 Å². The van der Waals surface area contributed by atoms with Gasteiger partial charge in [-0.2, -0.15) is 0 Å². The maximum atomic E-state index is 13.9. The Kier molecular flexibility index (Phi) is 6.49. The molecule has 27 heavy (non-hydrogen) atoms. The summed E-state index contributed by atoms with van der Waals surface area (Å²) in [4.78, 5) is 25.6. The van der Waals surface area contributed by atoms with Gasteiger partial charge in [0, 0.05) is 31.0 Å². The Morgan fingerprint density at radius 1 is 1.30 bits per heavy atom. The van der Waals surface area contributed by atoms with E-state index < -0.39 is 0 Å². The van der Waals surface area contributed by atoms with Gasteiger partial charge in [0.2, 0.25) is 5.91 Å². The molecule has 1 aliphatic heterocycles. The molecule has 1 amide bonds. The molecule has 1 unspecified atom stereocenters. The molecule has 0 N–H and O–H groups in total. The Morgan fingerprint density at radius 3 is 2.89 bits per heavy atom. The van der Waals surface area contributed by atoms with Gasteiger partial charge in [-0.15, -0.1) is 10.2 Å². The second-order valence-electron chi connectivity index (χ2n) is 6.41. The number of nitrogens with zero attached hydrogens (tertiary/aromatic N) is 3. The molecule has 1 saturated heterocycles. The van der Waals surface area contributed by atoms with Gasteiger partial charge in [0.25, 0.3) is 0 Å². The van der Waals surface area contributed by atoms with Gasteiger partial charge >= 0.3 is 5.97 Å². The molecule has 144 valence electrons. The molecule has 1 fully saturated rings. The molecule has 8 heteroatoms. The molecule has 1 aliphatic rings. The first-order valence-corrected chi connectivity index (χ1v) is 9.91. The molecule has 0 radical (unpaired) electrons. The summed E-state index contributed by atoms with van der Waals surface area (Å²) in [6.45, 7) is 3.29. The van der Waals surface area contributed by atoms with Crippen molar-refractivity contribution in [1.29, 1.82) is 0 Å². The number of hydrogen-bond acceptors (Lipinski definition) is 6. The molecule has 0 spiro atoms. The average molecular weight is 391 g/mol. The first-order valence-electron chi connectivity index (χ1n) is 9.10. The van der Waals surface area contributed by atoms with E-state index in [1.165, 1.54) is 17.4 Å². The second-order valence-corrected chi connectivity index (χ2v) is 7.42. The van der Waals surface area contributed by atoms with Crippen LogP contribution in [-0.4, -0.2) is 46.7 Å². The van der Waals surface area contributed by atoms with Crippen molar-refractivity contribution >= 4 is 23.2 Å². The molecule has 0 bridgehead atoms. The summed E-state index contributed by atoms with van der Waals surface area (Å²) in [6, 6.07) is 6.50. The normalized spacial score (nSPS) is 17.0. The third-order valence-corrected chi connectivity index (χ3v) is 5.64. The van der Waals surface area contributed by atoms with E-state index in [2.05, 4.69) is 10.2 Å². The van der Waals surface area contributed by atoms with E-state index in [1.807, 2.05) is 0 Å². The Morgan fingerprint density at radius 2 is 2.11 bits per heavy atom. The highest BCUT2D eigenvalue weighted by Crippen LogP contribution is 2.33. The van der Waals surface area contributed by atoms with E-state index in [0.717, 1.165) is 17.8 Å². The van der Waals surface area contributed by atoms with Crippen molar-refractivity contribution in [2.24, 2.45) is 0 Å². The van der Waals surface area contributed by atoms with Gasteiger partial charge in [-0.05, 0) is 31.9 Å². The summed E-state index contributed by atoms with van der Waals surface area (Å²) in [5.74, 6) is -0.632. The number of likely N-dealkylation sites (tertiary alicyclic amines) is 1. The van der Waals surface area contributed by atoms with Gasteiger partial charge in [0.1, 0.15) is 10.8 Å². The number of aromatic nitrogens is 2. The van der Waals surface area contributed by atoms with Crippen LogP contribution < -0.4 is 0 Å². The van der Waals surface area contributed by atoms with Crippen LogP contribution in [0, 0.1) is 5.82 Å². The molecule has 2 aromatic rings. The molecule has 3 rings (SSSR count). The molecular formula is C19H22FN3O3S. The molecule has 6 nitrogen and oxygen atoms in total.